The zero-order chi connectivity index (χ0) is 14.3. The molecule has 3 aliphatic rings. The van der Waals surface area contributed by atoms with E-state index in [0.717, 1.165) is 12.3 Å². The molecule has 0 radical (unpaired) electrons. The predicted octanol–water partition coefficient (Wildman–Crippen LogP) is 2.47. The Labute approximate surface area is 118 Å². The molecule has 1 saturated carbocycles. The second kappa shape index (κ2) is 4.58. The number of hydrogen-bond donors (Lipinski definition) is 2. The minimum atomic E-state index is -0.171. The van der Waals surface area contributed by atoms with Gasteiger partial charge in [-0.15, -0.1) is 0 Å². The maximum Gasteiger partial charge on any atom is 0.252 e. The summed E-state index contributed by atoms with van der Waals surface area (Å²) in [4.78, 5) is 18.1. The molecule has 4 rings (SSSR count). The van der Waals surface area contributed by atoms with Crippen LogP contribution < -0.4 is 11.0 Å². The molecule has 2 bridgehead atoms. The van der Waals surface area contributed by atoms with Gasteiger partial charge in [-0.25, -0.2) is 10.4 Å². The van der Waals surface area contributed by atoms with Crippen LogP contribution in [-0.4, -0.2) is 16.2 Å². The van der Waals surface area contributed by atoms with Crippen molar-refractivity contribution in [3.63, 3.8) is 0 Å². The van der Waals surface area contributed by atoms with E-state index in [4.69, 9.17) is 0 Å². The lowest BCUT2D eigenvalue weighted by atomic mass is 9.49. The van der Waals surface area contributed by atoms with Gasteiger partial charge in [0.15, 0.2) is 0 Å². The Hall–Kier alpha value is -1.91. The maximum absolute atomic E-state index is 11.3. The fourth-order valence-electron chi connectivity index (χ4n) is 3.34. The first-order valence-electron chi connectivity index (χ1n) is 7.04. The van der Waals surface area contributed by atoms with Gasteiger partial charge >= 0.3 is 0 Å². The standard InChI is InChI=1S/C15H20N4O/c1-9-6-13(20)18-14(17-9)19-16-8-10-4-5-11-7-12(10)15(11,2)3/h4,6,8,11-12H,5,7H2,1-3H3,(H2,17,18,19,20)/b16-8-/t11-,12-/m0/s1. The largest absolute Gasteiger partial charge is 0.291 e. The first kappa shape index (κ1) is 13.1. The molecule has 0 amide bonds. The summed E-state index contributed by atoms with van der Waals surface area (Å²) >= 11 is 0. The molecule has 0 spiro atoms. The number of nitrogens with zero attached hydrogens (tertiary/aromatic N) is 2. The second-order valence-electron chi connectivity index (χ2n) is 6.35. The third kappa shape index (κ3) is 2.17. The maximum atomic E-state index is 11.3. The molecule has 1 heterocycles. The molecule has 5 heteroatoms. The minimum absolute atomic E-state index is 0.171. The number of rotatable bonds is 3. The fraction of sp³-hybridized carbons (Fsp3) is 0.533. The van der Waals surface area contributed by atoms with Gasteiger partial charge in [0, 0.05) is 11.8 Å². The van der Waals surface area contributed by atoms with Crippen molar-refractivity contribution >= 4 is 12.2 Å². The number of allylic oxidation sites excluding steroid dienone is 2. The van der Waals surface area contributed by atoms with E-state index < -0.39 is 0 Å². The molecule has 5 nitrogen and oxygen atoms in total. The van der Waals surface area contributed by atoms with E-state index in [1.165, 1.54) is 18.1 Å². The quantitative estimate of drug-likeness (QED) is 0.656. The summed E-state index contributed by atoms with van der Waals surface area (Å²) in [6, 6.07) is 1.45. The molecule has 3 aliphatic carbocycles. The van der Waals surface area contributed by atoms with E-state index >= 15 is 0 Å². The van der Waals surface area contributed by atoms with Gasteiger partial charge in [0.1, 0.15) is 0 Å². The van der Waals surface area contributed by atoms with Gasteiger partial charge in [0.05, 0.1) is 6.21 Å². The highest BCUT2D eigenvalue weighted by Crippen LogP contribution is 2.58. The molecule has 2 N–H and O–H groups in total. The number of H-pyrrole nitrogens is 1. The molecule has 0 saturated heterocycles. The number of nitrogens with one attached hydrogen (secondary N) is 2. The molecule has 0 aliphatic heterocycles. The number of hydrazone groups is 1. The highest BCUT2D eigenvalue weighted by Gasteiger charge is 2.50. The summed E-state index contributed by atoms with van der Waals surface area (Å²) in [5.41, 5.74) is 4.99. The van der Waals surface area contributed by atoms with Crippen LogP contribution in [0.1, 0.15) is 32.4 Å². The van der Waals surface area contributed by atoms with Crippen LogP contribution in [0.4, 0.5) is 5.95 Å². The first-order chi connectivity index (χ1) is 9.46. The lowest BCUT2D eigenvalue weighted by Crippen LogP contribution is -2.48. The lowest BCUT2D eigenvalue weighted by Gasteiger charge is -2.55. The number of aromatic amines is 1. The highest BCUT2D eigenvalue weighted by molar-refractivity contribution is 5.81. The van der Waals surface area contributed by atoms with Gasteiger partial charge < -0.3 is 0 Å². The summed E-state index contributed by atoms with van der Waals surface area (Å²) in [5.74, 6) is 1.82. The van der Waals surface area contributed by atoms with E-state index in [9.17, 15) is 4.79 Å². The summed E-state index contributed by atoms with van der Waals surface area (Å²) in [5, 5.41) is 4.21. The molecule has 1 aromatic rings. The van der Waals surface area contributed by atoms with Gasteiger partial charge in [0.25, 0.3) is 5.56 Å². The summed E-state index contributed by atoms with van der Waals surface area (Å²) < 4.78 is 0. The molecule has 20 heavy (non-hydrogen) atoms. The van der Waals surface area contributed by atoms with Crippen LogP contribution in [0.15, 0.2) is 27.6 Å². The van der Waals surface area contributed by atoms with Crippen molar-refractivity contribution < 1.29 is 0 Å². The van der Waals surface area contributed by atoms with E-state index in [1.807, 2.05) is 6.21 Å². The number of anilines is 1. The summed E-state index contributed by atoms with van der Waals surface area (Å²) in [7, 11) is 0. The second-order valence-corrected chi connectivity index (χ2v) is 6.35. The van der Waals surface area contributed by atoms with E-state index in [2.05, 4.69) is 40.4 Å². The lowest BCUT2D eigenvalue weighted by molar-refractivity contribution is -0.00124. The number of aromatic nitrogens is 2. The SMILES string of the molecule is Cc1cc(=O)[nH]c(N/N=C\C2=CC[C@H]3C[C@@H]2C3(C)C)n1. The molecule has 106 valence electrons. The fourth-order valence-corrected chi connectivity index (χ4v) is 3.34. The predicted molar refractivity (Wildman–Crippen MR) is 79.8 cm³/mol. The normalized spacial score (nSPS) is 27.1. The van der Waals surface area contributed by atoms with Crippen molar-refractivity contribution in [2.75, 3.05) is 5.43 Å². The van der Waals surface area contributed by atoms with Crippen LogP contribution in [0.25, 0.3) is 0 Å². The highest BCUT2D eigenvalue weighted by atomic mass is 16.1. The van der Waals surface area contributed by atoms with E-state index in [1.54, 1.807) is 6.92 Å². The molecular formula is C15H20N4O. The van der Waals surface area contributed by atoms with Crippen LogP contribution >= 0.6 is 0 Å². The Bertz CT molecular complexity index is 642. The van der Waals surface area contributed by atoms with Crippen molar-refractivity contribution in [3.05, 3.63) is 33.8 Å². The van der Waals surface area contributed by atoms with E-state index in [-0.39, 0.29) is 5.56 Å². The summed E-state index contributed by atoms with van der Waals surface area (Å²) in [6.07, 6.45) is 6.56. The number of fused-ring (bicyclic) bond motifs is 1. The third-order valence-electron chi connectivity index (χ3n) is 4.76. The molecule has 0 aromatic carbocycles. The molecular weight excluding hydrogens is 252 g/mol. The summed E-state index contributed by atoms with van der Waals surface area (Å²) in [6.45, 7) is 6.45. The first-order valence-corrected chi connectivity index (χ1v) is 7.04. The Kier molecular flexibility index (Phi) is 3.00. The Morgan fingerprint density at radius 1 is 1.55 bits per heavy atom. The molecule has 2 atom stereocenters. The van der Waals surface area contributed by atoms with Gasteiger partial charge in [-0.05, 0) is 42.6 Å². The van der Waals surface area contributed by atoms with Crippen LogP contribution in [0.3, 0.4) is 0 Å². The van der Waals surface area contributed by atoms with Gasteiger partial charge in [-0.3, -0.25) is 9.78 Å². The number of hydrogen-bond acceptors (Lipinski definition) is 4. The van der Waals surface area contributed by atoms with Crippen LogP contribution in [0.5, 0.6) is 0 Å². The average Bonchev–Trinajstić information content (AvgIpc) is 2.37. The Morgan fingerprint density at radius 2 is 2.35 bits per heavy atom. The smallest absolute Gasteiger partial charge is 0.252 e. The van der Waals surface area contributed by atoms with Gasteiger partial charge in [-0.2, -0.15) is 5.10 Å². The zero-order valence-corrected chi connectivity index (χ0v) is 12.1. The number of aryl methyl sites for hydroxylation is 1. The zero-order valence-electron chi connectivity index (χ0n) is 12.1. The Morgan fingerprint density at radius 3 is 3.00 bits per heavy atom. The minimum Gasteiger partial charge on any atom is -0.291 e. The van der Waals surface area contributed by atoms with Crippen molar-refractivity contribution in [2.24, 2.45) is 22.4 Å². The Balaban J connectivity index is 1.69. The van der Waals surface area contributed by atoms with E-state index in [0.29, 0.717) is 23.0 Å². The van der Waals surface area contributed by atoms with Gasteiger partial charge in [0.2, 0.25) is 5.95 Å². The molecule has 1 aromatic heterocycles. The van der Waals surface area contributed by atoms with Crippen LogP contribution in [0.2, 0.25) is 0 Å². The monoisotopic (exact) mass is 272 g/mol. The van der Waals surface area contributed by atoms with Crippen LogP contribution in [-0.2, 0) is 0 Å². The topological polar surface area (TPSA) is 70.1 Å². The molecule has 1 fully saturated rings. The molecule has 0 unspecified atom stereocenters. The third-order valence-corrected chi connectivity index (χ3v) is 4.76. The average molecular weight is 272 g/mol. The van der Waals surface area contributed by atoms with Gasteiger partial charge in [-0.1, -0.05) is 19.9 Å². The van der Waals surface area contributed by atoms with Crippen molar-refractivity contribution in [1.82, 2.24) is 9.97 Å². The van der Waals surface area contributed by atoms with Crippen LogP contribution in [0, 0.1) is 24.2 Å². The van der Waals surface area contributed by atoms with Crippen molar-refractivity contribution in [1.29, 1.82) is 0 Å². The van der Waals surface area contributed by atoms with Crippen molar-refractivity contribution in [2.45, 2.75) is 33.6 Å². The van der Waals surface area contributed by atoms with Crippen molar-refractivity contribution in [3.8, 4) is 0 Å².